The number of halogens is 2. The second-order valence-electron chi connectivity index (χ2n) is 2.19. The molecular weight excluding hydrogens is 223 g/mol. The summed E-state index contributed by atoms with van der Waals surface area (Å²) in [5.41, 5.74) is 0.787. The van der Waals surface area contributed by atoms with Gasteiger partial charge in [-0.25, -0.2) is 0 Å². The predicted octanol–water partition coefficient (Wildman–Crippen LogP) is 2.96. The molecule has 0 aliphatic heterocycles. The molecule has 0 bridgehead atoms. The molecule has 12 heavy (non-hydrogen) atoms. The highest BCUT2D eigenvalue weighted by molar-refractivity contribution is 9.10. The summed E-state index contributed by atoms with van der Waals surface area (Å²) in [6.07, 6.45) is 2.31. The lowest BCUT2D eigenvalue weighted by atomic mass is 10.2. The molecule has 0 saturated carbocycles. The third-order valence-electron chi connectivity index (χ3n) is 1.26. The molecule has 0 atom stereocenters. The fourth-order valence-electron chi connectivity index (χ4n) is 0.772. The highest BCUT2D eigenvalue weighted by atomic mass is 79.9. The minimum absolute atomic E-state index is 0.787. The van der Waals surface area contributed by atoms with Gasteiger partial charge in [0.25, 0.3) is 0 Å². The fourth-order valence-corrected chi connectivity index (χ4v) is 1.19. The summed E-state index contributed by atoms with van der Waals surface area (Å²) >= 11 is 3.26. The fraction of sp³-hybridized carbons (Fsp3) is 0. The molecule has 0 aromatic heterocycles. The standard InChI is InChI=1S/C9H6BrFO/c10-8-3-1-2-7(6-8)4-5-9(11)12/h1-6H/b5-4+. The SMILES string of the molecule is O=C(F)/C=C/c1cccc(Br)c1. The van der Waals surface area contributed by atoms with Crippen molar-refractivity contribution in [3.63, 3.8) is 0 Å². The maximum Gasteiger partial charge on any atom is 0.324 e. The van der Waals surface area contributed by atoms with Gasteiger partial charge in [-0.1, -0.05) is 28.1 Å². The van der Waals surface area contributed by atoms with Gasteiger partial charge in [-0.05, 0) is 23.8 Å². The zero-order chi connectivity index (χ0) is 8.97. The molecule has 0 saturated heterocycles. The molecule has 1 nitrogen and oxygen atoms in total. The van der Waals surface area contributed by atoms with E-state index in [1.165, 1.54) is 6.08 Å². The number of rotatable bonds is 2. The topological polar surface area (TPSA) is 17.1 Å². The Kier molecular flexibility index (Phi) is 3.17. The summed E-state index contributed by atoms with van der Waals surface area (Å²) in [6, 6.07) is 5.81. The van der Waals surface area contributed by atoms with Crippen molar-refractivity contribution in [2.45, 2.75) is 0 Å². The van der Waals surface area contributed by atoms with Crippen molar-refractivity contribution in [2.75, 3.05) is 0 Å². The summed E-state index contributed by atoms with van der Waals surface area (Å²) in [6.45, 7) is 0. The van der Waals surface area contributed by atoms with Crippen LogP contribution < -0.4 is 0 Å². The van der Waals surface area contributed by atoms with Crippen molar-refractivity contribution >= 4 is 28.0 Å². The first-order valence-electron chi connectivity index (χ1n) is 3.31. The third kappa shape index (κ3) is 2.96. The molecule has 1 aromatic rings. The van der Waals surface area contributed by atoms with Gasteiger partial charge in [0.15, 0.2) is 0 Å². The van der Waals surface area contributed by atoms with Gasteiger partial charge in [0.1, 0.15) is 0 Å². The minimum atomic E-state index is -1.44. The van der Waals surface area contributed by atoms with Crippen LogP contribution in [0, 0.1) is 0 Å². The largest absolute Gasteiger partial charge is 0.324 e. The summed E-state index contributed by atoms with van der Waals surface area (Å²) in [7, 11) is 0. The highest BCUT2D eigenvalue weighted by Gasteiger charge is 1.90. The number of benzene rings is 1. The Balaban J connectivity index is 2.83. The Bertz CT molecular complexity index is 320. The summed E-state index contributed by atoms with van der Waals surface area (Å²) in [5, 5.41) is 0. The Morgan fingerprint density at radius 1 is 1.50 bits per heavy atom. The van der Waals surface area contributed by atoms with E-state index >= 15 is 0 Å². The van der Waals surface area contributed by atoms with Gasteiger partial charge in [0.05, 0.1) is 0 Å². The van der Waals surface area contributed by atoms with Gasteiger partial charge in [-0.15, -0.1) is 0 Å². The molecule has 0 heterocycles. The number of allylic oxidation sites excluding steroid dienone is 1. The molecule has 0 spiro atoms. The van der Waals surface area contributed by atoms with Crippen LogP contribution in [-0.2, 0) is 4.79 Å². The second-order valence-corrected chi connectivity index (χ2v) is 3.11. The van der Waals surface area contributed by atoms with Crippen molar-refractivity contribution in [3.05, 3.63) is 40.4 Å². The molecule has 1 rings (SSSR count). The van der Waals surface area contributed by atoms with E-state index in [0.29, 0.717) is 0 Å². The van der Waals surface area contributed by atoms with Gasteiger partial charge >= 0.3 is 6.04 Å². The monoisotopic (exact) mass is 228 g/mol. The maximum absolute atomic E-state index is 11.8. The van der Waals surface area contributed by atoms with Gasteiger partial charge in [0.2, 0.25) is 0 Å². The summed E-state index contributed by atoms with van der Waals surface area (Å²) in [5.74, 6) is 0. The Hall–Kier alpha value is -0.960. The number of hydrogen-bond donors (Lipinski definition) is 0. The van der Waals surface area contributed by atoms with Crippen molar-refractivity contribution in [2.24, 2.45) is 0 Å². The highest BCUT2D eigenvalue weighted by Crippen LogP contribution is 2.12. The van der Waals surface area contributed by atoms with Crippen LogP contribution in [0.1, 0.15) is 5.56 Å². The average Bonchev–Trinajstić information content (AvgIpc) is 2.01. The van der Waals surface area contributed by atoms with Gasteiger partial charge in [0, 0.05) is 10.5 Å². The van der Waals surface area contributed by atoms with Gasteiger partial charge < -0.3 is 0 Å². The van der Waals surface area contributed by atoms with Gasteiger partial charge in [-0.2, -0.15) is 4.39 Å². The zero-order valence-corrected chi connectivity index (χ0v) is 7.71. The first-order chi connectivity index (χ1) is 5.68. The molecule has 1 aromatic carbocycles. The normalized spacial score (nSPS) is 10.5. The summed E-state index contributed by atoms with van der Waals surface area (Å²) in [4.78, 5) is 9.94. The first kappa shape index (κ1) is 9.13. The van der Waals surface area contributed by atoms with Crippen molar-refractivity contribution in [1.29, 1.82) is 0 Å². The van der Waals surface area contributed by atoms with Crippen LogP contribution in [0.25, 0.3) is 6.08 Å². The van der Waals surface area contributed by atoms with E-state index in [0.717, 1.165) is 16.1 Å². The third-order valence-corrected chi connectivity index (χ3v) is 1.75. The molecular formula is C9H6BrFO. The molecule has 0 amide bonds. The van der Waals surface area contributed by atoms with E-state index in [1.54, 1.807) is 12.1 Å². The molecule has 0 N–H and O–H groups in total. The number of carbonyl (C=O) groups excluding carboxylic acids is 1. The lowest BCUT2D eigenvalue weighted by Gasteiger charge is -1.92. The van der Waals surface area contributed by atoms with E-state index in [-0.39, 0.29) is 0 Å². The van der Waals surface area contributed by atoms with Crippen LogP contribution in [0.15, 0.2) is 34.8 Å². The lowest BCUT2D eigenvalue weighted by molar-refractivity contribution is -0.124. The van der Waals surface area contributed by atoms with Gasteiger partial charge in [-0.3, -0.25) is 4.79 Å². The second kappa shape index (κ2) is 4.16. The zero-order valence-electron chi connectivity index (χ0n) is 6.13. The van der Waals surface area contributed by atoms with Crippen LogP contribution >= 0.6 is 15.9 Å². The quantitative estimate of drug-likeness (QED) is 0.562. The van der Waals surface area contributed by atoms with Crippen LogP contribution in [0.5, 0.6) is 0 Å². The molecule has 0 fully saturated rings. The summed E-state index contributed by atoms with van der Waals surface area (Å²) < 4.78 is 12.6. The van der Waals surface area contributed by atoms with Crippen LogP contribution in [0.2, 0.25) is 0 Å². The van der Waals surface area contributed by atoms with Crippen molar-refractivity contribution < 1.29 is 9.18 Å². The molecule has 3 heteroatoms. The van der Waals surface area contributed by atoms with E-state index in [9.17, 15) is 9.18 Å². The molecule has 0 aliphatic carbocycles. The minimum Gasteiger partial charge on any atom is -0.256 e. The van der Waals surface area contributed by atoms with E-state index < -0.39 is 6.04 Å². The van der Waals surface area contributed by atoms with E-state index in [2.05, 4.69) is 15.9 Å². The maximum atomic E-state index is 11.8. The molecule has 62 valence electrons. The van der Waals surface area contributed by atoms with Crippen LogP contribution in [0.4, 0.5) is 4.39 Å². The Morgan fingerprint density at radius 2 is 2.25 bits per heavy atom. The van der Waals surface area contributed by atoms with E-state index in [1.807, 2.05) is 12.1 Å². The average molecular weight is 229 g/mol. The number of carbonyl (C=O) groups is 1. The Labute approximate surface area is 78.0 Å². The lowest BCUT2D eigenvalue weighted by Crippen LogP contribution is -1.77. The first-order valence-corrected chi connectivity index (χ1v) is 4.11. The van der Waals surface area contributed by atoms with Crippen LogP contribution in [0.3, 0.4) is 0 Å². The number of hydrogen-bond acceptors (Lipinski definition) is 1. The molecule has 0 aliphatic rings. The smallest absolute Gasteiger partial charge is 0.256 e. The molecule has 0 radical (unpaired) electrons. The van der Waals surface area contributed by atoms with Crippen LogP contribution in [-0.4, -0.2) is 6.04 Å². The van der Waals surface area contributed by atoms with E-state index in [4.69, 9.17) is 0 Å². The predicted molar refractivity (Wildman–Crippen MR) is 49.3 cm³/mol. The van der Waals surface area contributed by atoms with Crippen molar-refractivity contribution in [1.82, 2.24) is 0 Å². The molecule has 0 unspecified atom stereocenters. The Morgan fingerprint density at radius 3 is 2.83 bits per heavy atom. The van der Waals surface area contributed by atoms with Crippen molar-refractivity contribution in [3.8, 4) is 0 Å².